The molecule has 109 valence electrons. The first-order valence-electron chi connectivity index (χ1n) is 7.73. The maximum Gasteiger partial charge on any atom is 0.154 e. The molecule has 0 aliphatic carbocycles. The zero-order valence-corrected chi connectivity index (χ0v) is 14.4. The Morgan fingerprint density at radius 2 is 1.00 bits per heavy atom. The molecule has 22 heavy (non-hydrogen) atoms. The highest BCUT2D eigenvalue weighted by Gasteiger charge is 2.21. The lowest BCUT2D eigenvalue weighted by Crippen LogP contribution is -2.53. The Hall–Kier alpha value is -2.12. The SMILES string of the molecule is Cc1cc(C)c([Si](c2ccccc2)c2ccccc2)cc1C. The predicted octanol–water partition coefficient (Wildman–Crippen LogP) is 3.13. The van der Waals surface area contributed by atoms with Gasteiger partial charge in [0.15, 0.2) is 8.80 Å². The van der Waals surface area contributed by atoms with Crippen molar-refractivity contribution in [1.29, 1.82) is 0 Å². The molecule has 0 bridgehead atoms. The third kappa shape index (κ3) is 2.90. The second-order valence-electron chi connectivity index (χ2n) is 5.86. The minimum absolute atomic E-state index is 0.946. The highest BCUT2D eigenvalue weighted by Crippen LogP contribution is 2.09. The van der Waals surface area contributed by atoms with Crippen LogP contribution in [0.25, 0.3) is 0 Å². The first-order chi connectivity index (χ1) is 10.7. The zero-order valence-electron chi connectivity index (χ0n) is 13.4. The summed E-state index contributed by atoms with van der Waals surface area (Å²) in [7, 11) is -0.946. The van der Waals surface area contributed by atoms with Crippen LogP contribution < -0.4 is 15.6 Å². The molecule has 3 aromatic carbocycles. The molecule has 0 saturated carbocycles. The molecule has 0 nitrogen and oxygen atoms in total. The van der Waals surface area contributed by atoms with Gasteiger partial charge in [-0.15, -0.1) is 0 Å². The van der Waals surface area contributed by atoms with Crippen molar-refractivity contribution in [3.8, 4) is 0 Å². The lowest BCUT2D eigenvalue weighted by molar-refractivity contribution is 1.32. The number of benzene rings is 3. The molecule has 0 atom stereocenters. The van der Waals surface area contributed by atoms with E-state index in [0.29, 0.717) is 0 Å². The van der Waals surface area contributed by atoms with E-state index in [1.165, 1.54) is 32.3 Å². The summed E-state index contributed by atoms with van der Waals surface area (Å²) in [6.07, 6.45) is 0. The average Bonchev–Trinajstić information content (AvgIpc) is 2.55. The van der Waals surface area contributed by atoms with Gasteiger partial charge in [0.05, 0.1) is 0 Å². The van der Waals surface area contributed by atoms with E-state index in [1.54, 1.807) is 0 Å². The van der Waals surface area contributed by atoms with Gasteiger partial charge in [0.1, 0.15) is 0 Å². The van der Waals surface area contributed by atoms with E-state index >= 15 is 0 Å². The van der Waals surface area contributed by atoms with Crippen LogP contribution in [0.5, 0.6) is 0 Å². The van der Waals surface area contributed by atoms with Crippen LogP contribution >= 0.6 is 0 Å². The normalized spacial score (nSPS) is 10.9. The number of hydrogen-bond acceptors (Lipinski definition) is 0. The van der Waals surface area contributed by atoms with E-state index in [0.717, 1.165) is 0 Å². The molecule has 0 heterocycles. The van der Waals surface area contributed by atoms with E-state index in [4.69, 9.17) is 0 Å². The van der Waals surface area contributed by atoms with Gasteiger partial charge in [0.2, 0.25) is 0 Å². The largest absolute Gasteiger partial charge is 0.154 e. The minimum atomic E-state index is -0.946. The molecule has 3 aromatic rings. The Bertz CT molecular complexity index is 721. The molecule has 0 N–H and O–H groups in total. The zero-order chi connectivity index (χ0) is 15.5. The number of rotatable bonds is 3. The van der Waals surface area contributed by atoms with Crippen LogP contribution in [-0.2, 0) is 0 Å². The third-order valence-electron chi connectivity index (χ3n) is 4.23. The first-order valence-corrected chi connectivity index (χ1v) is 9.23. The molecule has 1 radical (unpaired) electrons. The summed E-state index contributed by atoms with van der Waals surface area (Å²) in [5.74, 6) is 0. The molecule has 0 unspecified atom stereocenters. The molecule has 3 rings (SSSR count). The van der Waals surface area contributed by atoms with Crippen molar-refractivity contribution >= 4 is 24.4 Å². The highest BCUT2D eigenvalue weighted by molar-refractivity contribution is 6.95. The fourth-order valence-electron chi connectivity index (χ4n) is 2.92. The first kappa shape index (κ1) is 14.8. The molecular formula is C21H21Si. The Morgan fingerprint density at radius 1 is 0.545 bits per heavy atom. The van der Waals surface area contributed by atoms with Gasteiger partial charge in [-0.2, -0.15) is 0 Å². The Kier molecular flexibility index (Phi) is 4.26. The van der Waals surface area contributed by atoms with Crippen LogP contribution in [0.2, 0.25) is 0 Å². The summed E-state index contributed by atoms with van der Waals surface area (Å²) in [6, 6.07) is 26.6. The summed E-state index contributed by atoms with van der Waals surface area (Å²) in [5, 5.41) is 4.40. The van der Waals surface area contributed by atoms with Crippen molar-refractivity contribution in [1.82, 2.24) is 0 Å². The van der Waals surface area contributed by atoms with Crippen LogP contribution in [0.15, 0.2) is 72.8 Å². The molecule has 0 fully saturated rings. The summed E-state index contributed by atoms with van der Waals surface area (Å²) >= 11 is 0. The van der Waals surface area contributed by atoms with Gasteiger partial charge in [-0.05, 0) is 37.1 Å². The van der Waals surface area contributed by atoms with Gasteiger partial charge in [0, 0.05) is 0 Å². The molecule has 0 amide bonds. The van der Waals surface area contributed by atoms with E-state index in [1.807, 2.05) is 0 Å². The van der Waals surface area contributed by atoms with Crippen LogP contribution in [0.1, 0.15) is 16.7 Å². The van der Waals surface area contributed by atoms with Gasteiger partial charge in [0.25, 0.3) is 0 Å². The van der Waals surface area contributed by atoms with Gasteiger partial charge in [-0.3, -0.25) is 0 Å². The quantitative estimate of drug-likeness (QED) is 0.515. The maximum absolute atomic E-state index is 2.40. The average molecular weight is 301 g/mol. The third-order valence-corrected chi connectivity index (χ3v) is 7.13. The lowest BCUT2D eigenvalue weighted by Gasteiger charge is -2.20. The van der Waals surface area contributed by atoms with Gasteiger partial charge < -0.3 is 0 Å². The highest BCUT2D eigenvalue weighted by atomic mass is 28.3. The summed E-state index contributed by atoms with van der Waals surface area (Å²) < 4.78 is 0. The minimum Gasteiger partial charge on any atom is -0.0624 e. The van der Waals surface area contributed by atoms with Crippen molar-refractivity contribution in [3.05, 3.63) is 89.5 Å². The Morgan fingerprint density at radius 3 is 1.50 bits per heavy atom. The van der Waals surface area contributed by atoms with Crippen molar-refractivity contribution in [2.24, 2.45) is 0 Å². The Labute approximate surface area is 135 Å². The predicted molar refractivity (Wildman–Crippen MR) is 98.2 cm³/mol. The second kappa shape index (κ2) is 6.33. The second-order valence-corrected chi connectivity index (χ2v) is 8.30. The smallest absolute Gasteiger partial charge is 0.0624 e. The van der Waals surface area contributed by atoms with Gasteiger partial charge >= 0.3 is 0 Å². The van der Waals surface area contributed by atoms with Crippen molar-refractivity contribution < 1.29 is 0 Å². The van der Waals surface area contributed by atoms with E-state index in [-0.39, 0.29) is 0 Å². The fourth-order valence-corrected chi connectivity index (χ4v) is 5.75. The molecule has 0 saturated heterocycles. The number of aryl methyl sites for hydroxylation is 3. The molecule has 1 heteroatoms. The summed E-state index contributed by atoms with van der Waals surface area (Å²) in [5.41, 5.74) is 4.17. The number of hydrogen-bond donors (Lipinski definition) is 0. The van der Waals surface area contributed by atoms with Gasteiger partial charge in [-0.25, -0.2) is 0 Å². The fraction of sp³-hybridized carbons (Fsp3) is 0.143. The van der Waals surface area contributed by atoms with Crippen molar-refractivity contribution in [2.45, 2.75) is 20.8 Å². The van der Waals surface area contributed by atoms with Crippen LogP contribution in [0.4, 0.5) is 0 Å². The lowest BCUT2D eigenvalue weighted by atomic mass is 10.1. The van der Waals surface area contributed by atoms with Crippen molar-refractivity contribution in [2.75, 3.05) is 0 Å². The van der Waals surface area contributed by atoms with E-state index in [2.05, 4.69) is 93.6 Å². The standard InChI is InChI=1S/C21H21Si/c1-16-14-18(3)21(15-17(16)2)22(19-10-6-4-7-11-19)20-12-8-5-9-13-20/h4-15H,1-3H3. The maximum atomic E-state index is 2.40. The van der Waals surface area contributed by atoms with Gasteiger partial charge in [-0.1, -0.05) is 88.7 Å². The monoisotopic (exact) mass is 301 g/mol. The van der Waals surface area contributed by atoms with Crippen LogP contribution in [-0.4, -0.2) is 8.80 Å². The van der Waals surface area contributed by atoms with E-state index in [9.17, 15) is 0 Å². The van der Waals surface area contributed by atoms with Crippen molar-refractivity contribution in [3.63, 3.8) is 0 Å². The molecule has 0 aliphatic heterocycles. The van der Waals surface area contributed by atoms with Crippen LogP contribution in [0.3, 0.4) is 0 Å². The Balaban J connectivity index is 2.21. The van der Waals surface area contributed by atoms with E-state index < -0.39 is 8.80 Å². The summed E-state index contributed by atoms with van der Waals surface area (Å²) in [6.45, 7) is 6.66. The topological polar surface area (TPSA) is 0 Å². The van der Waals surface area contributed by atoms with Crippen LogP contribution in [0, 0.1) is 20.8 Å². The molecule has 0 spiro atoms. The summed E-state index contributed by atoms with van der Waals surface area (Å²) in [4.78, 5) is 0. The molecule has 0 aliphatic rings. The molecular weight excluding hydrogens is 280 g/mol. The molecule has 0 aromatic heterocycles.